The van der Waals surface area contributed by atoms with E-state index in [-0.39, 0.29) is 11.6 Å². The number of benzene rings is 1. The Bertz CT molecular complexity index is 1150. The molecule has 1 fully saturated rings. The second kappa shape index (κ2) is 11.8. The van der Waals surface area contributed by atoms with Gasteiger partial charge in [0.05, 0.1) is 17.0 Å². The zero-order chi connectivity index (χ0) is 27.3. The number of likely N-dealkylation sites (tertiary alicyclic amines) is 1. The Morgan fingerprint density at radius 2 is 1.71 bits per heavy atom. The molecule has 0 saturated carbocycles. The van der Waals surface area contributed by atoms with E-state index in [0.717, 1.165) is 30.8 Å². The minimum Gasteiger partial charge on any atom is -0.351 e. The van der Waals surface area contributed by atoms with Gasteiger partial charge in [0, 0.05) is 11.4 Å². The Labute approximate surface area is 221 Å². The van der Waals surface area contributed by atoms with E-state index in [9.17, 15) is 31.1 Å². The minimum atomic E-state index is -4.94. The molecule has 3 aromatic rings. The highest BCUT2D eigenvalue weighted by atomic mass is 32.1. The number of thiophene rings is 1. The van der Waals surface area contributed by atoms with Gasteiger partial charge in [-0.3, -0.25) is 4.79 Å². The molecule has 1 unspecified atom stereocenters. The normalized spacial score (nSPS) is 16.2. The lowest BCUT2D eigenvalue weighted by molar-refractivity contribution is -0.143. The van der Waals surface area contributed by atoms with Gasteiger partial charge >= 0.3 is 12.4 Å². The molecule has 0 radical (unpaired) electrons. The van der Waals surface area contributed by atoms with Crippen molar-refractivity contribution in [2.45, 2.75) is 50.0 Å². The quantitative estimate of drug-likeness (QED) is 0.304. The first-order valence-electron chi connectivity index (χ1n) is 12.2. The molecule has 0 aliphatic carbocycles. The van der Waals surface area contributed by atoms with E-state index in [4.69, 9.17) is 0 Å². The molecule has 2 aromatic carbocycles. The summed E-state index contributed by atoms with van der Waals surface area (Å²) in [5.41, 5.74) is -1.83. The summed E-state index contributed by atoms with van der Waals surface area (Å²) in [7, 11) is 0. The fourth-order valence-electron chi connectivity index (χ4n) is 4.74. The molecular formula is C28H26F6N2OS. The largest absolute Gasteiger partial charge is 0.416 e. The van der Waals surface area contributed by atoms with Gasteiger partial charge in [0.2, 0.25) is 5.91 Å². The Morgan fingerprint density at radius 1 is 1.03 bits per heavy atom. The maximum absolute atomic E-state index is 13.2. The molecule has 3 nitrogen and oxygen atoms in total. The van der Waals surface area contributed by atoms with Gasteiger partial charge in [-0.1, -0.05) is 18.2 Å². The molecule has 4 rings (SSSR count). The summed E-state index contributed by atoms with van der Waals surface area (Å²) in [6.45, 7) is 1.95. The predicted octanol–water partition coefficient (Wildman–Crippen LogP) is 7.06. The molecule has 1 aromatic heterocycles. The lowest BCUT2D eigenvalue weighted by atomic mass is 9.89. The monoisotopic (exact) mass is 552 g/mol. The van der Waals surface area contributed by atoms with Gasteiger partial charge in [-0.2, -0.15) is 26.3 Å². The van der Waals surface area contributed by atoms with Crippen LogP contribution in [0.3, 0.4) is 0 Å². The van der Waals surface area contributed by atoms with Gasteiger partial charge in [-0.05, 0) is 104 Å². The van der Waals surface area contributed by atoms with Crippen molar-refractivity contribution in [2.75, 3.05) is 19.6 Å². The summed E-state index contributed by atoms with van der Waals surface area (Å²) in [6.07, 6.45) is -7.44. The Kier molecular flexibility index (Phi) is 8.68. The number of amides is 1. The third-order valence-corrected chi connectivity index (χ3v) is 7.78. The lowest BCUT2D eigenvalue weighted by Gasteiger charge is -2.32. The van der Waals surface area contributed by atoms with E-state index in [1.165, 1.54) is 16.9 Å². The Balaban J connectivity index is 1.39. The zero-order valence-corrected chi connectivity index (χ0v) is 21.1. The summed E-state index contributed by atoms with van der Waals surface area (Å²) < 4.78 is 79.1. The summed E-state index contributed by atoms with van der Waals surface area (Å²) >= 11 is 1.39. The van der Waals surface area contributed by atoms with Gasteiger partial charge < -0.3 is 10.2 Å². The zero-order valence-electron chi connectivity index (χ0n) is 20.3. The molecule has 1 amide bonds. The molecule has 202 valence electrons. The van der Waals surface area contributed by atoms with Crippen molar-refractivity contribution >= 4 is 17.2 Å². The van der Waals surface area contributed by atoms with E-state index < -0.39 is 41.8 Å². The van der Waals surface area contributed by atoms with Crippen LogP contribution in [0.15, 0.2) is 53.9 Å². The molecule has 1 atom stereocenters. The fourth-order valence-corrected chi connectivity index (χ4v) is 5.60. The van der Waals surface area contributed by atoms with E-state index in [2.05, 4.69) is 28.4 Å². The van der Waals surface area contributed by atoms with E-state index in [1.807, 2.05) is 29.6 Å². The molecule has 1 aliphatic rings. The fraction of sp³-hybridized carbons (Fsp3) is 0.393. The van der Waals surface area contributed by atoms with Crippen molar-refractivity contribution in [1.29, 1.82) is 0 Å². The van der Waals surface area contributed by atoms with Crippen molar-refractivity contribution in [3.05, 3.63) is 93.2 Å². The van der Waals surface area contributed by atoms with Gasteiger partial charge in [-0.25, -0.2) is 0 Å². The molecule has 38 heavy (non-hydrogen) atoms. The van der Waals surface area contributed by atoms with Gasteiger partial charge in [0.25, 0.3) is 0 Å². The number of halogens is 6. The van der Waals surface area contributed by atoms with Crippen molar-refractivity contribution in [3.8, 4) is 0 Å². The lowest BCUT2D eigenvalue weighted by Crippen LogP contribution is -2.36. The number of alkyl halides is 6. The number of hydrogen-bond acceptors (Lipinski definition) is 3. The second-order valence-corrected chi connectivity index (χ2v) is 10.4. The number of hydrogen-bond donors (Lipinski definition) is 1. The standard InChI is InChI=1S/C28H26F6N2OS/c29-27(30,31)22-15-19(16-23(17-22)28(32,33)34)18-35-26(37)24(25-7-4-14-38-25)10-13-36-11-8-21(9-12-36)20-5-2-1-3-6-20/h2,4-7,14-17,21,24H,8-13,18H2,(H,35,37). The average molecular weight is 553 g/mol. The van der Waals surface area contributed by atoms with Crippen LogP contribution in [-0.4, -0.2) is 30.4 Å². The molecule has 10 heteroatoms. The van der Waals surface area contributed by atoms with Gasteiger partial charge in [0.1, 0.15) is 0 Å². The van der Waals surface area contributed by atoms with Crippen molar-refractivity contribution in [3.63, 3.8) is 0 Å². The maximum Gasteiger partial charge on any atom is 0.416 e. The molecule has 1 N–H and O–H groups in total. The number of carbonyl (C=O) groups excluding carboxylic acids is 1. The van der Waals surface area contributed by atoms with E-state index >= 15 is 0 Å². The second-order valence-electron chi connectivity index (χ2n) is 9.37. The average Bonchev–Trinajstić information content (AvgIpc) is 3.42. The van der Waals surface area contributed by atoms with Crippen LogP contribution in [0.1, 0.15) is 58.2 Å². The van der Waals surface area contributed by atoms with Crippen LogP contribution in [-0.2, 0) is 23.7 Å². The molecular weight excluding hydrogens is 526 g/mol. The van der Waals surface area contributed by atoms with Gasteiger partial charge in [-0.15, -0.1) is 11.3 Å². The summed E-state index contributed by atoms with van der Waals surface area (Å²) in [5, 5.41) is 4.40. The highest BCUT2D eigenvalue weighted by Gasteiger charge is 2.37. The summed E-state index contributed by atoms with van der Waals surface area (Å²) in [5.74, 6) is -0.535. The first-order chi connectivity index (χ1) is 18.0. The molecule has 1 saturated heterocycles. The van der Waals surface area contributed by atoms with Crippen LogP contribution < -0.4 is 5.32 Å². The molecule has 0 bridgehead atoms. The van der Waals surface area contributed by atoms with Crippen LogP contribution in [0.5, 0.6) is 0 Å². The Hall–Kier alpha value is -3.03. The van der Waals surface area contributed by atoms with Crippen molar-refractivity contribution < 1.29 is 31.1 Å². The predicted molar refractivity (Wildman–Crippen MR) is 132 cm³/mol. The van der Waals surface area contributed by atoms with Crippen LogP contribution in [0, 0.1) is 12.1 Å². The maximum atomic E-state index is 13.2. The van der Waals surface area contributed by atoms with E-state index in [1.54, 1.807) is 0 Å². The van der Waals surface area contributed by atoms with Crippen LogP contribution in [0.25, 0.3) is 0 Å². The SMILES string of the molecule is O=C(NCc1cc(C(F)(F)F)cc(C(F)(F)F)c1)C(CCN1CCC(c2cc#ccc2)CC1)c1cccs1. The highest BCUT2D eigenvalue weighted by molar-refractivity contribution is 7.10. The number of carbonyl (C=O) groups is 1. The topological polar surface area (TPSA) is 32.3 Å². The first-order valence-corrected chi connectivity index (χ1v) is 13.1. The third kappa shape index (κ3) is 7.29. The van der Waals surface area contributed by atoms with Crippen LogP contribution in [0.4, 0.5) is 26.3 Å². The van der Waals surface area contributed by atoms with Crippen molar-refractivity contribution in [1.82, 2.24) is 10.2 Å². The third-order valence-electron chi connectivity index (χ3n) is 6.79. The number of nitrogens with zero attached hydrogens (tertiary/aromatic N) is 1. The van der Waals surface area contributed by atoms with Crippen LogP contribution >= 0.6 is 11.3 Å². The van der Waals surface area contributed by atoms with E-state index in [0.29, 0.717) is 31.0 Å². The number of piperidine rings is 1. The summed E-state index contributed by atoms with van der Waals surface area (Å²) in [6, 6.07) is 16.7. The first kappa shape index (κ1) is 28.0. The minimum absolute atomic E-state index is 0.0808. The highest BCUT2D eigenvalue weighted by Crippen LogP contribution is 2.36. The smallest absolute Gasteiger partial charge is 0.351 e. The summed E-state index contributed by atoms with van der Waals surface area (Å²) in [4.78, 5) is 16.2. The van der Waals surface area contributed by atoms with Crippen molar-refractivity contribution in [2.24, 2.45) is 0 Å². The number of nitrogens with one attached hydrogen (secondary N) is 1. The van der Waals surface area contributed by atoms with Gasteiger partial charge in [0.15, 0.2) is 0 Å². The molecule has 1 aliphatic heterocycles. The number of rotatable bonds is 8. The Morgan fingerprint density at radius 3 is 2.26 bits per heavy atom. The van der Waals surface area contributed by atoms with Crippen LogP contribution in [0.2, 0.25) is 0 Å². The molecule has 2 heterocycles. The molecule has 0 spiro atoms.